The number of pyridine rings is 1. The van der Waals surface area contributed by atoms with E-state index in [0.29, 0.717) is 24.3 Å². The molecule has 2 aromatic heterocycles. The van der Waals surface area contributed by atoms with Crippen molar-refractivity contribution in [2.75, 3.05) is 13.1 Å². The first kappa shape index (κ1) is 14.2. The van der Waals surface area contributed by atoms with E-state index in [1.165, 1.54) is 19.3 Å². The van der Waals surface area contributed by atoms with Gasteiger partial charge in [0.25, 0.3) is 0 Å². The van der Waals surface area contributed by atoms with Gasteiger partial charge in [0.15, 0.2) is 0 Å². The number of hydrogen-bond acceptors (Lipinski definition) is 6. The molecule has 0 radical (unpaired) electrons. The van der Waals surface area contributed by atoms with Crippen molar-refractivity contribution >= 4 is 0 Å². The van der Waals surface area contributed by atoms with Crippen molar-refractivity contribution in [2.24, 2.45) is 5.73 Å². The van der Waals surface area contributed by atoms with Crippen molar-refractivity contribution in [2.45, 2.75) is 38.3 Å². The average molecular weight is 287 g/mol. The molecule has 1 unspecified atom stereocenters. The molecule has 0 spiro atoms. The van der Waals surface area contributed by atoms with Crippen LogP contribution >= 0.6 is 0 Å². The third-order valence-corrected chi connectivity index (χ3v) is 3.95. The minimum Gasteiger partial charge on any atom is -0.337 e. The molecule has 0 bridgehead atoms. The van der Waals surface area contributed by atoms with Crippen molar-refractivity contribution in [3.8, 4) is 11.5 Å². The number of nitrogens with zero attached hydrogens (tertiary/aromatic N) is 4. The number of likely N-dealkylation sites (tertiary alicyclic amines) is 1. The molecule has 0 saturated carbocycles. The van der Waals surface area contributed by atoms with E-state index in [0.717, 1.165) is 25.2 Å². The highest BCUT2D eigenvalue weighted by molar-refractivity contribution is 5.46. The number of piperidine rings is 1. The fourth-order valence-corrected chi connectivity index (χ4v) is 2.88. The summed E-state index contributed by atoms with van der Waals surface area (Å²) in [7, 11) is 0. The van der Waals surface area contributed by atoms with Crippen molar-refractivity contribution in [3.05, 3.63) is 30.3 Å². The van der Waals surface area contributed by atoms with Crippen molar-refractivity contribution in [1.82, 2.24) is 20.0 Å². The Morgan fingerprint density at radius 2 is 2.29 bits per heavy atom. The van der Waals surface area contributed by atoms with E-state index in [4.69, 9.17) is 10.3 Å². The van der Waals surface area contributed by atoms with E-state index >= 15 is 0 Å². The summed E-state index contributed by atoms with van der Waals surface area (Å²) in [6.45, 7) is 2.50. The van der Waals surface area contributed by atoms with Gasteiger partial charge in [-0.15, -0.1) is 0 Å². The van der Waals surface area contributed by atoms with E-state index in [1.807, 2.05) is 18.2 Å². The second-order valence-electron chi connectivity index (χ2n) is 5.42. The first-order valence-electron chi connectivity index (χ1n) is 7.55. The van der Waals surface area contributed by atoms with E-state index < -0.39 is 0 Å². The Kier molecular flexibility index (Phi) is 4.57. The van der Waals surface area contributed by atoms with Crippen molar-refractivity contribution in [1.29, 1.82) is 0 Å². The third-order valence-electron chi connectivity index (χ3n) is 3.95. The van der Waals surface area contributed by atoms with Crippen molar-refractivity contribution < 1.29 is 4.52 Å². The lowest BCUT2D eigenvalue weighted by Gasteiger charge is -2.34. The molecule has 1 atom stereocenters. The Balaban J connectivity index is 1.69. The van der Waals surface area contributed by atoms with Crippen LogP contribution in [0.3, 0.4) is 0 Å². The Morgan fingerprint density at radius 1 is 1.33 bits per heavy atom. The molecule has 0 aromatic carbocycles. The first-order chi connectivity index (χ1) is 10.4. The first-order valence-corrected chi connectivity index (χ1v) is 7.55. The van der Waals surface area contributed by atoms with Crippen LogP contribution in [0.1, 0.15) is 31.6 Å². The van der Waals surface area contributed by atoms with Gasteiger partial charge in [0.1, 0.15) is 5.69 Å². The monoisotopic (exact) mass is 287 g/mol. The highest BCUT2D eigenvalue weighted by atomic mass is 16.5. The maximum absolute atomic E-state index is 5.71. The summed E-state index contributed by atoms with van der Waals surface area (Å²) < 4.78 is 5.37. The fourth-order valence-electron chi connectivity index (χ4n) is 2.88. The van der Waals surface area contributed by atoms with Crippen LogP contribution in [-0.4, -0.2) is 39.2 Å². The Bertz CT molecular complexity index is 554. The lowest BCUT2D eigenvalue weighted by atomic mass is 9.99. The molecular weight excluding hydrogens is 266 g/mol. The Hall–Kier alpha value is -1.79. The van der Waals surface area contributed by atoms with Gasteiger partial charge in [0.05, 0.1) is 6.54 Å². The van der Waals surface area contributed by atoms with Gasteiger partial charge in [-0.25, -0.2) is 0 Å². The maximum Gasteiger partial charge on any atom is 0.241 e. The number of rotatable bonds is 5. The van der Waals surface area contributed by atoms with E-state index in [2.05, 4.69) is 20.0 Å². The molecule has 21 heavy (non-hydrogen) atoms. The van der Waals surface area contributed by atoms with Gasteiger partial charge in [-0.3, -0.25) is 9.88 Å². The predicted molar refractivity (Wildman–Crippen MR) is 79.2 cm³/mol. The second-order valence-corrected chi connectivity index (χ2v) is 5.42. The van der Waals surface area contributed by atoms with Gasteiger partial charge in [-0.05, 0) is 44.5 Å². The van der Waals surface area contributed by atoms with E-state index in [9.17, 15) is 0 Å². The predicted octanol–water partition coefficient (Wildman–Crippen LogP) is 1.83. The normalized spacial score (nSPS) is 19.8. The van der Waals surface area contributed by atoms with E-state index in [-0.39, 0.29) is 0 Å². The minimum absolute atomic E-state index is 0.536. The SMILES string of the molecule is NCCC1CCCCN1Cc1nc(-c2ccccn2)no1. The molecule has 3 rings (SSSR count). The van der Waals surface area contributed by atoms with Crippen LogP contribution in [0.4, 0.5) is 0 Å². The zero-order valence-corrected chi connectivity index (χ0v) is 12.1. The summed E-state index contributed by atoms with van der Waals surface area (Å²) in [6.07, 6.45) is 6.47. The molecule has 0 amide bonds. The molecule has 0 aliphatic carbocycles. The Morgan fingerprint density at radius 3 is 3.10 bits per heavy atom. The zero-order valence-electron chi connectivity index (χ0n) is 12.1. The lowest BCUT2D eigenvalue weighted by molar-refractivity contribution is 0.118. The second kappa shape index (κ2) is 6.78. The van der Waals surface area contributed by atoms with Crippen molar-refractivity contribution in [3.63, 3.8) is 0 Å². The van der Waals surface area contributed by atoms with Gasteiger partial charge in [-0.2, -0.15) is 4.98 Å². The summed E-state index contributed by atoms with van der Waals surface area (Å²) in [5.41, 5.74) is 6.45. The highest BCUT2D eigenvalue weighted by Gasteiger charge is 2.23. The van der Waals surface area contributed by atoms with Crippen LogP contribution in [0.5, 0.6) is 0 Å². The smallest absolute Gasteiger partial charge is 0.241 e. The maximum atomic E-state index is 5.71. The molecule has 112 valence electrons. The van der Waals surface area contributed by atoms with Gasteiger partial charge >= 0.3 is 0 Å². The van der Waals surface area contributed by atoms with Gasteiger partial charge < -0.3 is 10.3 Å². The van der Waals surface area contributed by atoms with Crippen LogP contribution in [0.15, 0.2) is 28.9 Å². The highest BCUT2D eigenvalue weighted by Crippen LogP contribution is 2.22. The topological polar surface area (TPSA) is 81.1 Å². The Labute approximate surface area is 124 Å². The molecule has 1 saturated heterocycles. The lowest BCUT2D eigenvalue weighted by Crippen LogP contribution is -2.40. The molecule has 6 heteroatoms. The summed E-state index contributed by atoms with van der Waals surface area (Å²) in [6, 6.07) is 6.21. The zero-order chi connectivity index (χ0) is 14.5. The standard InChI is InChI=1S/C15H21N5O/c16-8-7-12-5-2-4-10-20(12)11-14-18-15(19-21-14)13-6-1-3-9-17-13/h1,3,6,9,12H,2,4-5,7-8,10-11,16H2. The molecule has 3 heterocycles. The number of aromatic nitrogens is 3. The van der Waals surface area contributed by atoms with Crippen LogP contribution < -0.4 is 5.73 Å². The molecule has 2 N–H and O–H groups in total. The van der Waals surface area contributed by atoms with Gasteiger partial charge in [-0.1, -0.05) is 17.6 Å². The largest absolute Gasteiger partial charge is 0.337 e. The third kappa shape index (κ3) is 3.46. The average Bonchev–Trinajstić information content (AvgIpc) is 2.99. The molecule has 2 aromatic rings. The molecular formula is C15H21N5O. The summed E-state index contributed by atoms with van der Waals surface area (Å²) in [5.74, 6) is 1.21. The number of nitrogens with two attached hydrogens (primary N) is 1. The van der Waals surface area contributed by atoms with E-state index in [1.54, 1.807) is 6.20 Å². The van der Waals surface area contributed by atoms with Crippen LogP contribution in [0.25, 0.3) is 11.5 Å². The van der Waals surface area contributed by atoms with Crippen LogP contribution in [0, 0.1) is 0 Å². The molecule has 6 nitrogen and oxygen atoms in total. The summed E-state index contributed by atoms with van der Waals surface area (Å²) in [5, 5.41) is 4.02. The molecule has 1 fully saturated rings. The molecule has 1 aliphatic rings. The summed E-state index contributed by atoms with van der Waals surface area (Å²) >= 11 is 0. The fraction of sp³-hybridized carbons (Fsp3) is 0.533. The van der Waals surface area contributed by atoms with Gasteiger partial charge in [0.2, 0.25) is 11.7 Å². The van der Waals surface area contributed by atoms with Crippen LogP contribution in [0.2, 0.25) is 0 Å². The summed E-state index contributed by atoms with van der Waals surface area (Å²) in [4.78, 5) is 11.1. The minimum atomic E-state index is 0.536. The van der Waals surface area contributed by atoms with Gasteiger partial charge in [0, 0.05) is 12.2 Å². The van der Waals surface area contributed by atoms with Crippen LogP contribution in [-0.2, 0) is 6.54 Å². The number of hydrogen-bond donors (Lipinski definition) is 1. The molecule has 1 aliphatic heterocycles. The quantitative estimate of drug-likeness (QED) is 0.903.